The van der Waals surface area contributed by atoms with E-state index in [2.05, 4.69) is 43.4 Å². The van der Waals surface area contributed by atoms with Gasteiger partial charge in [-0.2, -0.15) is 10.2 Å². The number of hydrogen-bond acceptors (Lipinski definition) is 13. The van der Waals surface area contributed by atoms with Gasteiger partial charge in [-0.25, -0.2) is 19.6 Å². The number of hydrogen-bond donors (Lipinski definition) is 4. The van der Waals surface area contributed by atoms with Crippen LogP contribution in [-0.2, 0) is 32.3 Å². The number of aromatic amines is 2. The molecule has 2 aliphatic heterocycles. The summed E-state index contributed by atoms with van der Waals surface area (Å²) in [6.07, 6.45) is 2.88. The number of H-pyrrole nitrogens is 2. The van der Waals surface area contributed by atoms with Gasteiger partial charge in [0, 0.05) is 63.0 Å². The molecule has 4 aromatic carbocycles. The number of carbonyl (C=O) groups excluding carboxylic acids is 4. The van der Waals surface area contributed by atoms with Gasteiger partial charge in [-0.05, 0) is 137 Å². The van der Waals surface area contributed by atoms with Crippen molar-refractivity contribution in [3.05, 3.63) is 144 Å². The predicted molar refractivity (Wildman–Crippen MR) is 322 cm³/mol. The van der Waals surface area contributed by atoms with Crippen LogP contribution in [0.1, 0.15) is 123 Å². The van der Waals surface area contributed by atoms with Crippen molar-refractivity contribution >= 4 is 68.6 Å². The highest BCUT2D eigenvalue weighted by Crippen LogP contribution is 2.41. The fourth-order valence-electron chi connectivity index (χ4n) is 9.84. The number of anilines is 2. The van der Waals surface area contributed by atoms with Gasteiger partial charge in [0.25, 0.3) is 0 Å². The zero-order valence-corrected chi connectivity index (χ0v) is 47.9. The second-order valence-corrected chi connectivity index (χ2v) is 22.6. The minimum atomic E-state index is -0.576. The number of amides is 3. The van der Waals surface area contributed by atoms with Crippen molar-refractivity contribution in [3.8, 4) is 34.0 Å². The van der Waals surface area contributed by atoms with E-state index in [1.54, 1.807) is 9.80 Å². The van der Waals surface area contributed by atoms with Crippen LogP contribution in [0.5, 0.6) is 11.5 Å². The van der Waals surface area contributed by atoms with Crippen LogP contribution in [0.3, 0.4) is 0 Å². The number of nitrogens with zero attached hydrogens (tertiary/aromatic N) is 6. The van der Waals surface area contributed by atoms with Gasteiger partial charge in [0.05, 0.1) is 22.2 Å². The van der Waals surface area contributed by atoms with Gasteiger partial charge < -0.3 is 39.8 Å². The lowest BCUT2D eigenvalue weighted by Crippen LogP contribution is -2.42. The summed E-state index contributed by atoms with van der Waals surface area (Å²) in [5.41, 5.74) is 13.6. The molecule has 0 saturated carbocycles. The number of likely N-dealkylation sites (tertiary alicyclic amines) is 2. The molecule has 2 atom stereocenters. The Kier molecular flexibility index (Phi) is 20.3. The topological polar surface area (TPSA) is 233 Å². The highest BCUT2D eigenvalue weighted by molar-refractivity contribution is 6.62. The molecule has 0 bridgehead atoms. The summed E-state index contributed by atoms with van der Waals surface area (Å²) in [5, 5.41) is 18.7. The number of nitrogens with one attached hydrogen (secondary N) is 3. The third-order valence-corrected chi connectivity index (χ3v) is 13.3. The van der Waals surface area contributed by atoms with Gasteiger partial charge in [-0.1, -0.05) is 92.4 Å². The van der Waals surface area contributed by atoms with E-state index in [9.17, 15) is 19.2 Å². The fraction of sp³-hybridized carbons (Fsp3) is 0.365. The maximum atomic E-state index is 12.9. The zero-order chi connectivity index (χ0) is 57.8. The minimum absolute atomic E-state index is 0. The number of halogens is 1. The summed E-state index contributed by atoms with van der Waals surface area (Å²) >= 11 is 4.64. The molecule has 5 N–H and O–H groups in total. The SMILES string of the molecule is C.CC(=O)Cl.CC(=O)Nc1n[nH]c2nc(-c3ccccc3OCc3ccccc3)cc(C3CCCN(C(=O)OC(C)(C)C)C3)c12.CC(C)(C)OC(=O)N1CCCC(c2cc(-c3ccccc3OCc3ccccc3)nc3n[nH]c(N)c23)C1. The molecule has 0 spiro atoms. The Balaban J connectivity index is 0.000000220. The smallest absolute Gasteiger partial charge is 0.410 e. The molecule has 10 rings (SSSR count). The van der Waals surface area contributed by atoms with Crippen LogP contribution < -0.4 is 20.5 Å². The van der Waals surface area contributed by atoms with Crippen LogP contribution >= 0.6 is 11.6 Å². The lowest BCUT2D eigenvalue weighted by Gasteiger charge is -2.34. The van der Waals surface area contributed by atoms with Crippen LogP contribution in [-0.4, -0.2) is 101 Å². The highest BCUT2D eigenvalue weighted by atomic mass is 35.5. The lowest BCUT2D eigenvalue weighted by atomic mass is 9.88. The molecular weight excluding hydrogens is 1060 g/mol. The standard InChI is InChI=1S/C31H35N5O4.C29H33N5O3.C2H3ClO.CH4/c1-20(37)32-28-27-24(22-13-10-16-36(18-22)30(38)40-31(2,3)4)17-25(33-29(27)35-34-28)23-14-8-9-15-26(23)39-19-21-11-6-5-7-12-21;1-29(2,3)37-28(35)34-15-9-12-20(17-34)22-16-23(31-27-25(22)26(30)32-33-27)21-13-7-8-14-24(21)36-18-19-10-5-4-6-11-19;1-2(3)4;/h5-9,11-12,14-15,17,22H,10,13,16,18-19H2,1-4H3,(H2,32,33,34,35,37);4-8,10-11,13-14,16,20H,9,12,15,17-18H2,1-3H3,(H3,30,31,32,33);1H3;1H4. The minimum Gasteiger partial charge on any atom is -0.488 e. The number of nitrogens with two attached hydrogens (primary N) is 1. The van der Waals surface area contributed by atoms with Crippen molar-refractivity contribution < 1.29 is 38.1 Å². The Morgan fingerprint density at radius 3 is 1.54 bits per heavy atom. The van der Waals surface area contributed by atoms with Crippen LogP contribution in [0.2, 0.25) is 0 Å². The first kappa shape index (κ1) is 61.1. The number of fused-ring (bicyclic) bond motifs is 2. The van der Waals surface area contributed by atoms with Crippen molar-refractivity contribution in [2.24, 2.45) is 0 Å². The van der Waals surface area contributed by atoms with E-state index >= 15 is 0 Å². The summed E-state index contributed by atoms with van der Waals surface area (Å²) in [4.78, 5) is 60.2. The number of ether oxygens (including phenoxy) is 4. The van der Waals surface area contributed by atoms with Gasteiger partial charge in [-0.15, -0.1) is 0 Å². The molecule has 6 heterocycles. The summed E-state index contributed by atoms with van der Waals surface area (Å²) < 4.78 is 23.8. The van der Waals surface area contributed by atoms with Crippen molar-refractivity contribution in [2.75, 3.05) is 37.2 Å². The molecule has 2 fully saturated rings. The first-order valence-corrected chi connectivity index (χ1v) is 27.5. The quantitative estimate of drug-likeness (QED) is 0.0884. The number of nitrogen functional groups attached to an aromatic ring is 1. The Hall–Kier alpha value is -8.51. The van der Waals surface area contributed by atoms with Crippen molar-refractivity contribution in [3.63, 3.8) is 0 Å². The van der Waals surface area contributed by atoms with E-state index in [-0.39, 0.29) is 42.6 Å². The van der Waals surface area contributed by atoms with Gasteiger partial charge in [-0.3, -0.25) is 19.8 Å². The maximum absolute atomic E-state index is 12.9. The summed E-state index contributed by atoms with van der Waals surface area (Å²) in [6.45, 7) is 17.2. The van der Waals surface area contributed by atoms with E-state index in [4.69, 9.17) is 34.6 Å². The maximum Gasteiger partial charge on any atom is 0.410 e. The van der Waals surface area contributed by atoms with E-state index in [0.717, 1.165) is 87.0 Å². The number of carbonyl (C=O) groups is 4. The number of benzene rings is 4. The third kappa shape index (κ3) is 16.3. The van der Waals surface area contributed by atoms with E-state index in [1.165, 1.54) is 13.8 Å². The highest BCUT2D eigenvalue weighted by Gasteiger charge is 2.33. The molecule has 4 aromatic heterocycles. The average molecular weight is 1140 g/mol. The number of pyridine rings is 2. The number of para-hydroxylation sites is 2. The zero-order valence-electron chi connectivity index (χ0n) is 47.2. The molecule has 19 heteroatoms. The summed E-state index contributed by atoms with van der Waals surface area (Å²) in [5.74, 6) is 2.21. The van der Waals surface area contributed by atoms with E-state index in [0.29, 0.717) is 68.1 Å². The Bertz CT molecular complexity index is 3460. The van der Waals surface area contributed by atoms with Crippen molar-refractivity contribution in [2.45, 2.75) is 125 Å². The van der Waals surface area contributed by atoms with E-state index < -0.39 is 11.2 Å². The monoisotopic (exact) mass is 1130 g/mol. The molecule has 8 aromatic rings. The Morgan fingerprint density at radius 1 is 0.634 bits per heavy atom. The summed E-state index contributed by atoms with van der Waals surface area (Å²) in [6, 6.07) is 39.9. The van der Waals surface area contributed by atoms with Gasteiger partial charge in [0.2, 0.25) is 11.1 Å². The molecule has 432 valence electrons. The molecule has 0 aliphatic carbocycles. The van der Waals surface area contributed by atoms with Crippen molar-refractivity contribution in [1.82, 2.24) is 40.2 Å². The summed E-state index contributed by atoms with van der Waals surface area (Å²) in [7, 11) is 0. The second kappa shape index (κ2) is 27.3. The van der Waals surface area contributed by atoms with Crippen LogP contribution in [0.25, 0.3) is 44.6 Å². The first-order valence-electron chi connectivity index (χ1n) is 27.1. The van der Waals surface area contributed by atoms with Crippen LogP contribution in [0, 0.1) is 0 Å². The molecule has 2 saturated heterocycles. The van der Waals surface area contributed by atoms with Gasteiger partial charge >= 0.3 is 12.2 Å². The molecular formula is C63H75ClN10O8. The van der Waals surface area contributed by atoms with Crippen LogP contribution in [0.4, 0.5) is 21.2 Å². The van der Waals surface area contributed by atoms with Gasteiger partial charge in [0.1, 0.15) is 41.7 Å². The number of rotatable bonds is 11. The second-order valence-electron chi connectivity index (χ2n) is 22.0. The Labute approximate surface area is 484 Å². The molecule has 2 unspecified atom stereocenters. The molecule has 82 heavy (non-hydrogen) atoms. The predicted octanol–water partition coefficient (Wildman–Crippen LogP) is 13.6. The lowest BCUT2D eigenvalue weighted by molar-refractivity contribution is -0.114. The normalized spacial score (nSPS) is 15.2. The number of piperidine rings is 2. The largest absolute Gasteiger partial charge is 0.488 e. The molecule has 18 nitrogen and oxygen atoms in total. The molecule has 2 aliphatic rings. The van der Waals surface area contributed by atoms with Crippen molar-refractivity contribution in [1.29, 1.82) is 0 Å². The third-order valence-electron chi connectivity index (χ3n) is 13.3. The van der Waals surface area contributed by atoms with Gasteiger partial charge in [0.15, 0.2) is 17.1 Å². The van der Waals surface area contributed by atoms with Crippen LogP contribution in [0.15, 0.2) is 121 Å². The fourth-order valence-corrected chi connectivity index (χ4v) is 9.84. The van der Waals surface area contributed by atoms with E-state index in [1.807, 2.05) is 157 Å². The molecule has 0 radical (unpaired) electrons. The number of aromatic nitrogens is 6. The Morgan fingerprint density at radius 2 is 1.07 bits per heavy atom. The average Bonchev–Trinajstić information content (AvgIpc) is 4.19. The first-order chi connectivity index (χ1) is 38.7. The molecule has 3 amide bonds.